The lowest BCUT2D eigenvalue weighted by Crippen LogP contribution is -2.21. The average Bonchev–Trinajstić information content (AvgIpc) is 2.57. The minimum atomic E-state index is -0.682. The van der Waals surface area contributed by atoms with Crippen LogP contribution in [0.3, 0.4) is 0 Å². The molecule has 3 rings (SSSR count). The Balaban J connectivity index is 1.99. The van der Waals surface area contributed by atoms with Gasteiger partial charge in [-0.1, -0.05) is 12.1 Å². The molecule has 3 aromatic rings. The van der Waals surface area contributed by atoms with E-state index in [1.54, 1.807) is 24.3 Å². The summed E-state index contributed by atoms with van der Waals surface area (Å²) in [5.41, 5.74) is 2.36. The predicted molar refractivity (Wildman–Crippen MR) is 92.9 cm³/mol. The first kappa shape index (κ1) is 15.8. The molecule has 5 heteroatoms. The first-order valence-corrected chi connectivity index (χ1v) is 7.49. The lowest BCUT2D eigenvalue weighted by Gasteiger charge is -2.10. The Morgan fingerprint density at radius 3 is 2.67 bits per heavy atom. The van der Waals surface area contributed by atoms with Crippen molar-refractivity contribution in [3.05, 3.63) is 69.6 Å². The number of aryl methyl sites for hydroxylation is 1. The van der Waals surface area contributed by atoms with E-state index in [1.165, 1.54) is 13.2 Å². The number of anilines is 1. The molecule has 0 fully saturated rings. The van der Waals surface area contributed by atoms with Crippen LogP contribution in [0.4, 0.5) is 5.69 Å². The zero-order chi connectivity index (χ0) is 17.3. The Labute approximate surface area is 138 Å². The van der Waals surface area contributed by atoms with Gasteiger partial charge in [-0.2, -0.15) is 0 Å². The molecule has 1 aromatic heterocycles. The maximum absolute atomic E-state index is 12.5. The van der Waals surface area contributed by atoms with Gasteiger partial charge in [-0.3, -0.25) is 4.79 Å². The van der Waals surface area contributed by atoms with Gasteiger partial charge in [0, 0.05) is 17.1 Å². The summed E-state index contributed by atoms with van der Waals surface area (Å²) in [7, 11) is 1.53. The van der Waals surface area contributed by atoms with E-state index in [0.717, 1.165) is 11.1 Å². The van der Waals surface area contributed by atoms with Crippen molar-refractivity contribution in [2.75, 3.05) is 12.4 Å². The molecule has 5 nitrogen and oxygen atoms in total. The third-order valence-electron chi connectivity index (χ3n) is 4.04. The highest BCUT2D eigenvalue weighted by atomic mass is 16.5. The number of hydrogen-bond donors (Lipinski definition) is 1. The number of amides is 1. The van der Waals surface area contributed by atoms with Gasteiger partial charge in [0.05, 0.1) is 7.11 Å². The molecule has 24 heavy (non-hydrogen) atoms. The van der Waals surface area contributed by atoms with E-state index in [9.17, 15) is 9.59 Å². The molecule has 0 spiro atoms. The fourth-order valence-corrected chi connectivity index (χ4v) is 2.45. The number of carbonyl (C=O) groups excluding carboxylic acids is 1. The molecule has 1 heterocycles. The molecule has 0 aliphatic carbocycles. The first-order valence-electron chi connectivity index (χ1n) is 7.49. The SMILES string of the molecule is COc1ccc2cc(C(=O)Nc3cccc(C)c3C)c(=O)oc2c1. The smallest absolute Gasteiger partial charge is 0.349 e. The van der Waals surface area contributed by atoms with Crippen molar-refractivity contribution in [3.63, 3.8) is 0 Å². The van der Waals surface area contributed by atoms with Gasteiger partial charge in [0.2, 0.25) is 0 Å². The molecule has 1 N–H and O–H groups in total. The lowest BCUT2D eigenvalue weighted by molar-refractivity contribution is 0.102. The van der Waals surface area contributed by atoms with Crippen molar-refractivity contribution >= 4 is 22.6 Å². The zero-order valence-electron chi connectivity index (χ0n) is 13.7. The minimum Gasteiger partial charge on any atom is -0.497 e. The van der Waals surface area contributed by atoms with Gasteiger partial charge in [-0.05, 0) is 49.2 Å². The second kappa shape index (κ2) is 6.20. The number of hydrogen-bond acceptors (Lipinski definition) is 4. The Bertz CT molecular complexity index is 988. The van der Waals surface area contributed by atoms with Crippen LogP contribution in [0, 0.1) is 13.8 Å². The fourth-order valence-electron chi connectivity index (χ4n) is 2.45. The van der Waals surface area contributed by atoms with Gasteiger partial charge in [-0.15, -0.1) is 0 Å². The molecule has 0 aliphatic rings. The third-order valence-corrected chi connectivity index (χ3v) is 4.04. The maximum Gasteiger partial charge on any atom is 0.349 e. The Morgan fingerprint density at radius 2 is 1.92 bits per heavy atom. The fraction of sp³-hybridized carbons (Fsp3) is 0.158. The predicted octanol–water partition coefficient (Wildman–Crippen LogP) is 3.67. The number of benzene rings is 2. The molecule has 2 aromatic carbocycles. The van der Waals surface area contributed by atoms with Crippen LogP contribution in [0.1, 0.15) is 21.5 Å². The summed E-state index contributed by atoms with van der Waals surface area (Å²) >= 11 is 0. The summed E-state index contributed by atoms with van der Waals surface area (Å²) in [5, 5.41) is 3.43. The summed E-state index contributed by atoms with van der Waals surface area (Å²) in [6.45, 7) is 3.88. The van der Waals surface area contributed by atoms with Crippen molar-refractivity contribution in [1.29, 1.82) is 0 Å². The topological polar surface area (TPSA) is 68.5 Å². The monoisotopic (exact) mass is 323 g/mol. The summed E-state index contributed by atoms with van der Waals surface area (Å²) in [5.74, 6) is 0.0911. The summed E-state index contributed by atoms with van der Waals surface area (Å²) in [4.78, 5) is 24.6. The first-order chi connectivity index (χ1) is 11.5. The van der Waals surface area contributed by atoms with Crippen LogP contribution in [0.25, 0.3) is 11.0 Å². The van der Waals surface area contributed by atoms with E-state index in [-0.39, 0.29) is 5.56 Å². The van der Waals surface area contributed by atoms with E-state index in [0.29, 0.717) is 22.4 Å². The largest absolute Gasteiger partial charge is 0.497 e. The lowest BCUT2D eigenvalue weighted by atomic mass is 10.1. The van der Waals surface area contributed by atoms with Gasteiger partial charge in [0.15, 0.2) is 0 Å². The molecule has 0 bridgehead atoms. The number of carbonyl (C=O) groups is 1. The number of methoxy groups -OCH3 is 1. The molecular weight excluding hydrogens is 306 g/mol. The zero-order valence-corrected chi connectivity index (χ0v) is 13.7. The molecule has 0 aliphatic heterocycles. The molecule has 122 valence electrons. The molecule has 0 atom stereocenters. The highest BCUT2D eigenvalue weighted by Crippen LogP contribution is 2.22. The van der Waals surface area contributed by atoms with Crippen LogP contribution in [0.2, 0.25) is 0 Å². The minimum absolute atomic E-state index is 0.0337. The highest BCUT2D eigenvalue weighted by Gasteiger charge is 2.15. The van der Waals surface area contributed by atoms with Crippen LogP contribution in [0.15, 0.2) is 51.7 Å². The van der Waals surface area contributed by atoms with Crippen molar-refractivity contribution < 1.29 is 13.9 Å². The molecule has 0 radical (unpaired) electrons. The van der Waals surface area contributed by atoms with Gasteiger partial charge < -0.3 is 14.5 Å². The van der Waals surface area contributed by atoms with Crippen molar-refractivity contribution in [1.82, 2.24) is 0 Å². The number of nitrogens with one attached hydrogen (secondary N) is 1. The quantitative estimate of drug-likeness (QED) is 0.747. The second-order valence-corrected chi connectivity index (χ2v) is 5.55. The third kappa shape index (κ3) is 2.88. The Hall–Kier alpha value is -3.08. The second-order valence-electron chi connectivity index (χ2n) is 5.55. The Kier molecular flexibility index (Phi) is 4.08. The van der Waals surface area contributed by atoms with Crippen LogP contribution in [-0.2, 0) is 0 Å². The van der Waals surface area contributed by atoms with Crippen LogP contribution in [0.5, 0.6) is 5.75 Å². The average molecular weight is 323 g/mol. The molecule has 0 unspecified atom stereocenters. The number of ether oxygens (including phenoxy) is 1. The van der Waals surface area contributed by atoms with Crippen LogP contribution in [-0.4, -0.2) is 13.0 Å². The van der Waals surface area contributed by atoms with Crippen molar-refractivity contribution in [2.24, 2.45) is 0 Å². The molecular formula is C19H17NO4. The normalized spacial score (nSPS) is 10.6. The molecule has 0 saturated heterocycles. The number of fused-ring (bicyclic) bond motifs is 1. The summed E-state index contributed by atoms with van der Waals surface area (Å²) < 4.78 is 10.4. The van der Waals surface area contributed by atoms with Crippen molar-refractivity contribution in [3.8, 4) is 5.75 Å². The van der Waals surface area contributed by atoms with Gasteiger partial charge in [-0.25, -0.2) is 4.79 Å². The maximum atomic E-state index is 12.5. The van der Waals surface area contributed by atoms with Crippen LogP contribution >= 0.6 is 0 Å². The van der Waals surface area contributed by atoms with Gasteiger partial charge in [0.25, 0.3) is 5.91 Å². The standard InChI is InChI=1S/C19H17NO4/c1-11-5-4-6-16(12(11)2)20-18(21)15-9-13-7-8-14(23-3)10-17(13)24-19(15)22/h4-10H,1-3H3,(H,20,21). The molecule has 1 amide bonds. The molecule has 0 saturated carbocycles. The van der Waals surface area contributed by atoms with Crippen LogP contribution < -0.4 is 15.7 Å². The van der Waals surface area contributed by atoms with E-state index in [2.05, 4.69) is 5.32 Å². The summed E-state index contributed by atoms with van der Waals surface area (Å²) in [6.07, 6.45) is 0. The van der Waals surface area contributed by atoms with E-state index in [4.69, 9.17) is 9.15 Å². The Morgan fingerprint density at radius 1 is 1.12 bits per heavy atom. The number of rotatable bonds is 3. The van der Waals surface area contributed by atoms with Gasteiger partial charge in [0.1, 0.15) is 16.9 Å². The van der Waals surface area contributed by atoms with Crippen molar-refractivity contribution in [2.45, 2.75) is 13.8 Å². The van der Waals surface area contributed by atoms with E-state index >= 15 is 0 Å². The highest BCUT2D eigenvalue weighted by molar-refractivity contribution is 6.05. The van der Waals surface area contributed by atoms with E-state index < -0.39 is 11.5 Å². The van der Waals surface area contributed by atoms with E-state index in [1.807, 2.05) is 26.0 Å². The summed E-state index contributed by atoms with van der Waals surface area (Å²) in [6, 6.07) is 12.2. The van der Waals surface area contributed by atoms with Gasteiger partial charge >= 0.3 is 5.63 Å².